The summed E-state index contributed by atoms with van der Waals surface area (Å²) in [6.45, 7) is 3.49. The van der Waals surface area contributed by atoms with Crippen LogP contribution in [0.2, 0.25) is 0 Å². The number of nitrogens with zero attached hydrogens (tertiary/aromatic N) is 1. The molecule has 34 heavy (non-hydrogen) atoms. The summed E-state index contributed by atoms with van der Waals surface area (Å²) in [5.41, 5.74) is 1.58. The third kappa shape index (κ3) is 5.55. The summed E-state index contributed by atoms with van der Waals surface area (Å²) in [7, 11) is -3.78. The molecule has 0 bridgehead atoms. The summed E-state index contributed by atoms with van der Waals surface area (Å²) in [5.74, 6) is 0.0798. The van der Waals surface area contributed by atoms with Gasteiger partial charge in [-0.3, -0.25) is 9.52 Å². The maximum absolute atomic E-state index is 13.2. The van der Waals surface area contributed by atoms with Gasteiger partial charge < -0.3 is 14.4 Å². The minimum absolute atomic E-state index is 0.108. The molecule has 0 aromatic heterocycles. The monoisotopic (exact) mass is 484 g/mol. The first-order valence-electron chi connectivity index (χ1n) is 10.9. The van der Waals surface area contributed by atoms with Crippen LogP contribution in [0.5, 0.6) is 5.75 Å². The molecule has 9 heteroatoms. The van der Waals surface area contributed by atoms with Crippen LogP contribution in [-0.2, 0) is 14.8 Å². The van der Waals surface area contributed by atoms with Crippen LogP contribution in [0.4, 0.5) is 10.1 Å². The van der Waals surface area contributed by atoms with Crippen LogP contribution >= 0.6 is 0 Å². The van der Waals surface area contributed by atoms with E-state index in [0.717, 1.165) is 5.56 Å². The molecule has 1 aliphatic heterocycles. The first-order valence-corrected chi connectivity index (χ1v) is 12.4. The summed E-state index contributed by atoms with van der Waals surface area (Å²) in [4.78, 5) is 14.8. The van der Waals surface area contributed by atoms with Gasteiger partial charge in [0, 0.05) is 17.8 Å². The van der Waals surface area contributed by atoms with Crippen molar-refractivity contribution >= 4 is 21.6 Å². The highest BCUT2D eigenvalue weighted by atomic mass is 32.2. The highest BCUT2D eigenvalue weighted by Gasteiger charge is 2.26. The van der Waals surface area contributed by atoms with Crippen LogP contribution in [0.3, 0.4) is 0 Å². The third-order valence-electron chi connectivity index (χ3n) is 5.42. The second-order valence-electron chi connectivity index (χ2n) is 7.75. The SMILES string of the molecule is CCOc1ccc(S(=O)(=O)Nc2ccc(C(=O)N3CCOC(c4ccc(F)cc4)C3)cc2)cc1. The van der Waals surface area contributed by atoms with E-state index in [1.165, 1.54) is 24.3 Å². The Morgan fingerprint density at radius 2 is 1.74 bits per heavy atom. The number of hydrogen-bond donors (Lipinski definition) is 1. The zero-order valence-electron chi connectivity index (χ0n) is 18.6. The van der Waals surface area contributed by atoms with Crippen molar-refractivity contribution in [3.05, 3.63) is 89.7 Å². The van der Waals surface area contributed by atoms with Crippen molar-refractivity contribution in [2.75, 3.05) is 31.0 Å². The lowest BCUT2D eigenvalue weighted by Crippen LogP contribution is -2.42. The molecule has 7 nitrogen and oxygen atoms in total. The number of benzene rings is 3. The fraction of sp³-hybridized carbons (Fsp3) is 0.240. The Bertz CT molecular complexity index is 1230. The number of carbonyl (C=O) groups excluding carboxylic acids is 1. The van der Waals surface area contributed by atoms with E-state index in [2.05, 4.69) is 4.72 Å². The normalized spacial score (nSPS) is 16.2. The molecule has 3 aromatic rings. The van der Waals surface area contributed by atoms with E-state index < -0.39 is 10.0 Å². The number of amides is 1. The zero-order chi connectivity index (χ0) is 24.1. The van der Waals surface area contributed by atoms with Gasteiger partial charge in [0.2, 0.25) is 0 Å². The Morgan fingerprint density at radius 1 is 1.06 bits per heavy atom. The predicted molar refractivity (Wildman–Crippen MR) is 126 cm³/mol. The van der Waals surface area contributed by atoms with Crippen molar-refractivity contribution in [1.29, 1.82) is 0 Å². The average molecular weight is 485 g/mol. The van der Waals surface area contributed by atoms with Crippen LogP contribution in [0, 0.1) is 5.82 Å². The smallest absolute Gasteiger partial charge is 0.261 e. The Hall–Kier alpha value is -3.43. The van der Waals surface area contributed by atoms with Gasteiger partial charge in [0.15, 0.2) is 0 Å². The molecule has 1 fully saturated rings. The Balaban J connectivity index is 1.41. The maximum atomic E-state index is 13.2. The molecule has 1 heterocycles. The Morgan fingerprint density at radius 3 is 2.38 bits per heavy atom. The van der Waals surface area contributed by atoms with Gasteiger partial charge in [-0.15, -0.1) is 0 Å². The number of sulfonamides is 1. The largest absolute Gasteiger partial charge is 0.494 e. The highest BCUT2D eigenvalue weighted by Crippen LogP contribution is 2.24. The lowest BCUT2D eigenvalue weighted by molar-refractivity contribution is -0.0228. The van der Waals surface area contributed by atoms with Gasteiger partial charge in [0.05, 0.1) is 24.7 Å². The van der Waals surface area contributed by atoms with Crippen molar-refractivity contribution in [3.8, 4) is 5.75 Å². The standard InChI is InChI=1S/C25H25FN2O5S/c1-2-32-22-11-13-23(14-12-22)34(30,31)27-21-9-5-19(6-10-21)25(29)28-15-16-33-24(17-28)18-3-7-20(26)8-4-18/h3-14,24,27H,2,15-17H2,1H3. The first-order chi connectivity index (χ1) is 16.4. The molecule has 0 saturated carbocycles. The van der Waals surface area contributed by atoms with Crippen LogP contribution in [0.15, 0.2) is 77.7 Å². The summed E-state index contributed by atoms with van der Waals surface area (Å²) in [5, 5.41) is 0. The number of hydrogen-bond acceptors (Lipinski definition) is 5. The van der Waals surface area contributed by atoms with Gasteiger partial charge >= 0.3 is 0 Å². The van der Waals surface area contributed by atoms with Crippen molar-refractivity contribution in [2.24, 2.45) is 0 Å². The number of ether oxygens (including phenoxy) is 2. The van der Waals surface area contributed by atoms with E-state index in [1.807, 2.05) is 6.92 Å². The average Bonchev–Trinajstić information content (AvgIpc) is 2.85. The van der Waals surface area contributed by atoms with E-state index in [9.17, 15) is 17.6 Å². The summed E-state index contributed by atoms with van der Waals surface area (Å²) < 4.78 is 52.1. The topological polar surface area (TPSA) is 84.9 Å². The van der Waals surface area contributed by atoms with Crippen LogP contribution < -0.4 is 9.46 Å². The Kier molecular flexibility index (Phi) is 7.14. The molecule has 1 amide bonds. The van der Waals surface area contributed by atoms with Gasteiger partial charge in [0.1, 0.15) is 17.7 Å². The fourth-order valence-corrected chi connectivity index (χ4v) is 4.73. The van der Waals surface area contributed by atoms with Gasteiger partial charge in [0.25, 0.3) is 15.9 Å². The summed E-state index contributed by atoms with van der Waals surface area (Å²) in [6, 6.07) is 18.5. The van der Waals surface area contributed by atoms with Crippen molar-refractivity contribution < 1.29 is 27.1 Å². The molecule has 1 unspecified atom stereocenters. The van der Waals surface area contributed by atoms with Crippen molar-refractivity contribution in [3.63, 3.8) is 0 Å². The van der Waals surface area contributed by atoms with Gasteiger partial charge in [-0.25, -0.2) is 12.8 Å². The second kappa shape index (κ2) is 10.2. The van der Waals surface area contributed by atoms with E-state index in [1.54, 1.807) is 53.4 Å². The number of anilines is 1. The lowest BCUT2D eigenvalue weighted by atomic mass is 10.1. The first kappa shape index (κ1) is 23.7. The summed E-state index contributed by atoms with van der Waals surface area (Å²) >= 11 is 0. The molecule has 3 aromatic carbocycles. The fourth-order valence-electron chi connectivity index (χ4n) is 3.67. The van der Waals surface area contributed by atoms with E-state index >= 15 is 0 Å². The molecule has 1 saturated heterocycles. The van der Waals surface area contributed by atoms with Crippen LogP contribution in [0.25, 0.3) is 0 Å². The number of rotatable bonds is 7. The molecule has 0 radical (unpaired) electrons. The van der Waals surface area contributed by atoms with Crippen molar-refractivity contribution in [1.82, 2.24) is 4.90 Å². The third-order valence-corrected chi connectivity index (χ3v) is 6.82. The van der Waals surface area contributed by atoms with Crippen LogP contribution in [-0.4, -0.2) is 45.5 Å². The maximum Gasteiger partial charge on any atom is 0.261 e. The number of halogens is 1. The van der Waals surface area contributed by atoms with E-state index in [4.69, 9.17) is 9.47 Å². The minimum Gasteiger partial charge on any atom is -0.494 e. The van der Waals surface area contributed by atoms with E-state index in [-0.39, 0.29) is 22.7 Å². The molecule has 178 valence electrons. The molecular weight excluding hydrogens is 459 g/mol. The molecule has 0 aliphatic carbocycles. The number of morpholine rings is 1. The Labute approximate surface area is 198 Å². The minimum atomic E-state index is -3.78. The molecule has 1 N–H and O–H groups in total. The zero-order valence-corrected chi connectivity index (χ0v) is 19.4. The molecule has 1 atom stereocenters. The number of nitrogens with one attached hydrogen (secondary N) is 1. The molecule has 1 aliphatic rings. The highest BCUT2D eigenvalue weighted by molar-refractivity contribution is 7.92. The van der Waals surface area contributed by atoms with Gasteiger partial charge in [-0.05, 0) is 73.2 Å². The van der Waals surface area contributed by atoms with Crippen LogP contribution in [0.1, 0.15) is 28.9 Å². The van der Waals surface area contributed by atoms with Gasteiger partial charge in [-0.2, -0.15) is 0 Å². The second-order valence-corrected chi connectivity index (χ2v) is 9.43. The molecular formula is C25H25FN2O5S. The van der Waals surface area contributed by atoms with Crippen molar-refractivity contribution in [2.45, 2.75) is 17.9 Å². The van der Waals surface area contributed by atoms with Gasteiger partial charge in [-0.1, -0.05) is 12.1 Å². The predicted octanol–water partition coefficient (Wildman–Crippen LogP) is 4.24. The number of carbonyl (C=O) groups is 1. The molecule has 0 spiro atoms. The lowest BCUT2D eigenvalue weighted by Gasteiger charge is -2.33. The summed E-state index contributed by atoms with van der Waals surface area (Å²) in [6.07, 6.45) is -0.335. The molecule has 4 rings (SSSR count). The quantitative estimate of drug-likeness (QED) is 0.542. The van der Waals surface area contributed by atoms with E-state index in [0.29, 0.717) is 43.3 Å².